The Morgan fingerprint density at radius 1 is 1.18 bits per heavy atom. The van der Waals surface area contributed by atoms with Crippen LogP contribution in [0.25, 0.3) is 0 Å². The summed E-state index contributed by atoms with van der Waals surface area (Å²) in [6, 6.07) is 0. The van der Waals surface area contributed by atoms with E-state index in [0.29, 0.717) is 32.7 Å². The highest BCUT2D eigenvalue weighted by Crippen LogP contribution is 2.22. The van der Waals surface area contributed by atoms with Gasteiger partial charge in [-0.15, -0.1) is 0 Å². The Kier molecular flexibility index (Phi) is 5.69. The molecule has 1 aliphatic rings. The van der Waals surface area contributed by atoms with Gasteiger partial charge in [-0.2, -0.15) is 13.2 Å². The van der Waals surface area contributed by atoms with Crippen molar-refractivity contribution >= 4 is 0 Å². The van der Waals surface area contributed by atoms with Crippen molar-refractivity contribution in [2.24, 2.45) is 5.73 Å². The van der Waals surface area contributed by atoms with Crippen LogP contribution in [0, 0.1) is 0 Å². The van der Waals surface area contributed by atoms with Gasteiger partial charge in [-0.25, -0.2) is 0 Å². The van der Waals surface area contributed by atoms with E-state index in [1.807, 2.05) is 0 Å². The maximum Gasteiger partial charge on any atom is 0.389 e. The zero-order valence-electron chi connectivity index (χ0n) is 9.98. The summed E-state index contributed by atoms with van der Waals surface area (Å²) in [7, 11) is 0. The van der Waals surface area contributed by atoms with Crippen LogP contribution in [0.4, 0.5) is 13.2 Å². The van der Waals surface area contributed by atoms with Crippen LogP contribution in [-0.4, -0.2) is 38.0 Å². The van der Waals surface area contributed by atoms with Gasteiger partial charge in [0, 0.05) is 31.7 Å². The number of ether oxygens (including phenoxy) is 1. The first kappa shape index (κ1) is 14.7. The van der Waals surface area contributed by atoms with Crippen LogP contribution in [-0.2, 0) is 4.74 Å². The highest BCUT2D eigenvalue weighted by molar-refractivity contribution is 4.88. The summed E-state index contributed by atoms with van der Waals surface area (Å²) in [5, 5.41) is 3.13. The molecule has 0 bridgehead atoms. The molecule has 0 spiro atoms. The van der Waals surface area contributed by atoms with Gasteiger partial charge >= 0.3 is 6.18 Å². The summed E-state index contributed by atoms with van der Waals surface area (Å²) >= 11 is 0. The van der Waals surface area contributed by atoms with Crippen molar-refractivity contribution < 1.29 is 17.9 Å². The predicted octanol–water partition coefficient (Wildman–Crippen LogP) is 1.82. The topological polar surface area (TPSA) is 47.3 Å². The number of unbranched alkanes of at least 4 members (excludes halogenated alkanes) is 1. The van der Waals surface area contributed by atoms with Gasteiger partial charge in [-0.3, -0.25) is 0 Å². The fourth-order valence-electron chi connectivity index (χ4n) is 1.87. The molecule has 1 rings (SSSR count). The summed E-state index contributed by atoms with van der Waals surface area (Å²) in [5.74, 6) is 0. The molecule has 0 aromatic carbocycles. The molecule has 3 nitrogen and oxygen atoms in total. The van der Waals surface area contributed by atoms with Crippen LogP contribution in [0.15, 0.2) is 0 Å². The minimum Gasteiger partial charge on any atom is -0.381 e. The van der Waals surface area contributed by atoms with E-state index in [1.54, 1.807) is 0 Å². The second-order valence-corrected chi connectivity index (χ2v) is 4.72. The van der Waals surface area contributed by atoms with Gasteiger partial charge in [0.25, 0.3) is 0 Å². The molecule has 17 heavy (non-hydrogen) atoms. The number of nitrogens with one attached hydrogen (secondary N) is 1. The number of halogens is 3. The van der Waals surface area contributed by atoms with Gasteiger partial charge < -0.3 is 15.8 Å². The van der Waals surface area contributed by atoms with Crippen molar-refractivity contribution in [2.45, 2.75) is 43.8 Å². The summed E-state index contributed by atoms with van der Waals surface area (Å²) < 4.78 is 40.8. The number of rotatable bonds is 6. The fraction of sp³-hybridized carbons (Fsp3) is 1.00. The van der Waals surface area contributed by atoms with E-state index in [9.17, 15) is 13.2 Å². The number of hydrogen-bond acceptors (Lipinski definition) is 3. The van der Waals surface area contributed by atoms with Crippen LogP contribution in [0.5, 0.6) is 0 Å². The monoisotopic (exact) mass is 254 g/mol. The molecule has 0 aromatic heterocycles. The average Bonchev–Trinajstić information content (AvgIpc) is 2.23. The smallest absolute Gasteiger partial charge is 0.381 e. The Morgan fingerprint density at radius 2 is 1.82 bits per heavy atom. The maximum absolute atomic E-state index is 11.9. The Labute approximate surface area is 99.9 Å². The molecule has 0 amide bonds. The van der Waals surface area contributed by atoms with Crippen LogP contribution in [0.3, 0.4) is 0 Å². The third-order valence-corrected chi connectivity index (χ3v) is 3.03. The van der Waals surface area contributed by atoms with Crippen molar-refractivity contribution in [1.29, 1.82) is 0 Å². The van der Waals surface area contributed by atoms with E-state index < -0.39 is 12.6 Å². The lowest BCUT2D eigenvalue weighted by Crippen LogP contribution is -2.52. The SMILES string of the molecule is NC1(CNCCCCC(F)(F)F)CCOCC1. The van der Waals surface area contributed by atoms with Gasteiger partial charge in [0.2, 0.25) is 0 Å². The predicted molar refractivity (Wildman–Crippen MR) is 59.7 cm³/mol. The second-order valence-electron chi connectivity index (χ2n) is 4.72. The van der Waals surface area contributed by atoms with E-state index in [4.69, 9.17) is 10.5 Å². The molecule has 0 radical (unpaired) electrons. The Bertz CT molecular complexity index is 215. The normalized spacial score (nSPS) is 20.5. The molecule has 6 heteroatoms. The summed E-state index contributed by atoms with van der Waals surface area (Å²) in [5.41, 5.74) is 5.87. The van der Waals surface area contributed by atoms with Crippen LogP contribution in [0.2, 0.25) is 0 Å². The van der Waals surface area contributed by atoms with E-state index in [0.717, 1.165) is 12.8 Å². The minimum absolute atomic E-state index is 0.178. The van der Waals surface area contributed by atoms with Gasteiger partial charge in [0.15, 0.2) is 0 Å². The Balaban J connectivity index is 2.00. The summed E-state index contributed by atoms with van der Waals surface area (Å²) in [4.78, 5) is 0. The van der Waals surface area contributed by atoms with Crippen molar-refractivity contribution in [3.63, 3.8) is 0 Å². The fourth-order valence-corrected chi connectivity index (χ4v) is 1.87. The number of nitrogens with two attached hydrogens (primary N) is 1. The lowest BCUT2D eigenvalue weighted by Gasteiger charge is -2.33. The Morgan fingerprint density at radius 3 is 2.41 bits per heavy atom. The lowest BCUT2D eigenvalue weighted by atomic mass is 9.91. The molecule has 1 aliphatic heterocycles. The zero-order valence-corrected chi connectivity index (χ0v) is 9.98. The summed E-state index contributed by atoms with van der Waals surface area (Å²) in [6.07, 6.45) is -2.40. The first-order valence-electron chi connectivity index (χ1n) is 6.05. The molecule has 0 atom stereocenters. The molecule has 1 heterocycles. The second kappa shape index (κ2) is 6.56. The molecule has 0 aliphatic carbocycles. The van der Waals surface area contributed by atoms with E-state index >= 15 is 0 Å². The first-order chi connectivity index (χ1) is 7.91. The Hall–Kier alpha value is -0.330. The number of alkyl halides is 3. The molecule has 0 unspecified atom stereocenters. The molecule has 3 N–H and O–H groups in total. The van der Waals surface area contributed by atoms with Gasteiger partial charge in [-0.1, -0.05) is 0 Å². The molecule has 102 valence electrons. The molecular formula is C11H21F3N2O. The van der Waals surface area contributed by atoms with Crippen LogP contribution >= 0.6 is 0 Å². The van der Waals surface area contributed by atoms with Crippen molar-refractivity contribution in [2.75, 3.05) is 26.3 Å². The highest BCUT2D eigenvalue weighted by Gasteiger charge is 2.28. The van der Waals surface area contributed by atoms with Crippen molar-refractivity contribution in [3.8, 4) is 0 Å². The molecule has 1 saturated heterocycles. The third-order valence-electron chi connectivity index (χ3n) is 3.03. The van der Waals surface area contributed by atoms with Crippen LogP contribution in [0.1, 0.15) is 32.1 Å². The number of hydrogen-bond donors (Lipinski definition) is 2. The third kappa shape index (κ3) is 6.85. The maximum atomic E-state index is 11.9. The van der Waals surface area contributed by atoms with E-state index in [2.05, 4.69) is 5.32 Å². The zero-order chi connectivity index (χ0) is 12.8. The quantitative estimate of drug-likeness (QED) is 0.711. The van der Waals surface area contributed by atoms with Crippen molar-refractivity contribution in [3.05, 3.63) is 0 Å². The lowest BCUT2D eigenvalue weighted by molar-refractivity contribution is -0.135. The molecule has 0 saturated carbocycles. The largest absolute Gasteiger partial charge is 0.389 e. The van der Waals surface area contributed by atoms with Crippen LogP contribution < -0.4 is 11.1 Å². The molecule has 0 aromatic rings. The molecular weight excluding hydrogens is 233 g/mol. The summed E-state index contributed by atoms with van der Waals surface area (Å²) in [6.45, 7) is 2.59. The van der Waals surface area contributed by atoms with E-state index in [1.165, 1.54) is 0 Å². The van der Waals surface area contributed by atoms with Gasteiger partial charge in [0.05, 0.1) is 0 Å². The average molecular weight is 254 g/mol. The minimum atomic E-state index is -4.03. The highest BCUT2D eigenvalue weighted by atomic mass is 19.4. The van der Waals surface area contributed by atoms with E-state index in [-0.39, 0.29) is 12.0 Å². The first-order valence-corrected chi connectivity index (χ1v) is 6.05. The van der Waals surface area contributed by atoms with Crippen molar-refractivity contribution in [1.82, 2.24) is 5.32 Å². The van der Waals surface area contributed by atoms with Gasteiger partial charge in [0.1, 0.15) is 0 Å². The van der Waals surface area contributed by atoms with Gasteiger partial charge in [-0.05, 0) is 32.2 Å². The standard InChI is InChI=1S/C11H21F3N2O/c12-11(13,14)3-1-2-6-16-9-10(15)4-7-17-8-5-10/h16H,1-9,15H2. The molecule has 1 fully saturated rings.